The topological polar surface area (TPSA) is 29.9 Å². The summed E-state index contributed by atoms with van der Waals surface area (Å²) < 4.78 is 2.11. The summed E-state index contributed by atoms with van der Waals surface area (Å²) in [5.41, 5.74) is 1.25. The first-order valence-corrected chi connectivity index (χ1v) is 5.97. The first-order chi connectivity index (χ1) is 7.92. The Balaban J connectivity index is 1.89. The lowest BCUT2D eigenvalue weighted by Crippen LogP contribution is -2.08. The van der Waals surface area contributed by atoms with E-state index in [4.69, 9.17) is 0 Å². The van der Waals surface area contributed by atoms with Gasteiger partial charge in [-0.1, -0.05) is 24.6 Å². The van der Waals surface area contributed by atoms with Crippen LogP contribution in [0.3, 0.4) is 0 Å². The third-order valence-electron chi connectivity index (χ3n) is 2.85. The second-order valence-electron chi connectivity index (χ2n) is 4.09. The van der Waals surface area contributed by atoms with Crippen molar-refractivity contribution in [2.45, 2.75) is 25.8 Å². The normalized spacial score (nSPS) is 11.1. The van der Waals surface area contributed by atoms with E-state index in [2.05, 4.69) is 39.4 Å². The lowest BCUT2D eigenvalue weighted by molar-refractivity contribution is 0.549. The van der Waals surface area contributed by atoms with Crippen LogP contribution in [0.5, 0.6) is 0 Å². The molecule has 1 aromatic heterocycles. The molecule has 0 saturated heterocycles. The van der Waals surface area contributed by atoms with Gasteiger partial charge in [-0.25, -0.2) is 0 Å². The monoisotopic (exact) mass is 217 g/mol. The maximum atomic E-state index is 4.41. The van der Waals surface area contributed by atoms with Crippen molar-refractivity contribution in [3.63, 3.8) is 0 Å². The summed E-state index contributed by atoms with van der Waals surface area (Å²) in [6.45, 7) is 2.14. The fourth-order valence-electron chi connectivity index (χ4n) is 1.94. The largest absolute Gasteiger partial charge is 0.320 e. The van der Waals surface area contributed by atoms with E-state index in [1.54, 1.807) is 0 Å². The van der Waals surface area contributed by atoms with Gasteiger partial charge < -0.3 is 5.32 Å². The van der Waals surface area contributed by atoms with Crippen LogP contribution in [-0.4, -0.2) is 23.4 Å². The molecule has 0 radical (unpaired) electrons. The van der Waals surface area contributed by atoms with E-state index >= 15 is 0 Å². The van der Waals surface area contributed by atoms with Gasteiger partial charge in [0.25, 0.3) is 0 Å². The van der Waals surface area contributed by atoms with Gasteiger partial charge in [0.15, 0.2) is 0 Å². The number of unbranched alkanes of at least 4 members (excludes halogenated alkanes) is 2. The van der Waals surface area contributed by atoms with Crippen LogP contribution in [0.15, 0.2) is 30.5 Å². The second kappa shape index (κ2) is 5.66. The van der Waals surface area contributed by atoms with Crippen LogP contribution >= 0.6 is 0 Å². The minimum absolute atomic E-state index is 1.03. The van der Waals surface area contributed by atoms with Gasteiger partial charge >= 0.3 is 0 Å². The summed E-state index contributed by atoms with van der Waals surface area (Å²) in [6.07, 6.45) is 5.65. The predicted octanol–water partition coefficient (Wildman–Crippen LogP) is 2.43. The summed E-state index contributed by atoms with van der Waals surface area (Å²) in [5, 5.41) is 8.82. The van der Waals surface area contributed by atoms with Gasteiger partial charge in [-0.05, 0) is 32.5 Å². The van der Waals surface area contributed by atoms with E-state index in [0.717, 1.165) is 13.1 Å². The molecule has 0 amide bonds. The Morgan fingerprint density at radius 1 is 1.19 bits per heavy atom. The molecular weight excluding hydrogens is 198 g/mol. The minimum atomic E-state index is 1.03. The van der Waals surface area contributed by atoms with Crippen molar-refractivity contribution in [2.75, 3.05) is 13.6 Å². The Bertz CT molecular complexity index is 433. The van der Waals surface area contributed by atoms with Crippen molar-refractivity contribution in [3.8, 4) is 0 Å². The third kappa shape index (κ3) is 2.61. The Kier molecular flexibility index (Phi) is 3.94. The highest BCUT2D eigenvalue weighted by Crippen LogP contribution is 2.13. The van der Waals surface area contributed by atoms with E-state index < -0.39 is 0 Å². The van der Waals surface area contributed by atoms with Gasteiger partial charge in [-0.15, -0.1) is 0 Å². The molecule has 3 nitrogen and oxygen atoms in total. The third-order valence-corrected chi connectivity index (χ3v) is 2.85. The molecule has 0 spiro atoms. The number of aromatic nitrogens is 2. The number of para-hydroxylation sites is 1. The summed E-state index contributed by atoms with van der Waals surface area (Å²) in [4.78, 5) is 0. The van der Waals surface area contributed by atoms with Crippen LogP contribution in [0.4, 0.5) is 0 Å². The quantitative estimate of drug-likeness (QED) is 0.753. The molecule has 0 fully saturated rings. The Morgan fingerprint density at radius 3 is 2.94 bits per heavy atom. The number of hydrogen-bond donors (Lipinski definition) is 1. The molecule has 0 unspecified atom stereocenters. The van der Waals surface area contributed by atoms with E-state index in [-0.39, 0.29) is 0 Å². The van der Waals surface area contributed by atoms with Gasteiger partial charge in [-0.2, -0.15) is 5.10 Å². The highest BCUT2D eigenvalue weighted by Gasteiger charge is 2.00. The van der Waals surface area contributed by atoms with E-state index in [0.29, 0.717) is 0 Å². The number of nitrogens with zero attached hydrogens (tertiary/aromatic N) is 2. The Morgan fingerprint density at radius 2 is 2.06 bits per heavy atom. The smallest absolute Gasteiger partial charge is 0.0682 e. The van der Waals surface area contributed by atoms with Crippen molar-refractivity contribution in [1.29, 1.82) is 0 Å². The molecule has 1 aromatic carbocycles. The van der Waals surface area contributed by atoms with Gasteiger partial charge in [0.05, 0.1) is 11.7 Å². The Hall–Kier alpha value is -1.35. The molecule has 2 aromatic rings. The molecule has 0 aliphatic carbocycles. The van der Waals surface area contributed by atoms with Crippen LogP contribution in [0.25, 0.3) is 10.9 Å². The fraction of sp³-hybridized carbons (Fsp3) is 0.462. The average molecular weight is 217 g/mol. The second-order valence-corrected chi connectivity index (χ2v) is 4.09. The van der Waals surface area contributed by atoms with Gasteiger partial charge in [0.2, 0.25) is 0 Å². The van der Waals surface area contributed by atoms with Crippen LogP contribution < -0.4 is 5.32 Å². The van der Waals surface area contributed by atoms with Gasteiger partial charge in [-0.3, -0.25) is 4.68 Å². The van der Waals surface area contributed by atoms with Crippen molar-refractivity contribution < 1.29 is 0 Å². The van der Waals surface area contributed by atoms with E-state index in [1.165, 1.54) is 30.2 Å². The standard InChI is InChI=1S/C13H19N3/c1-14-9-5-2-6-10-16-13-8-4-3-7-12(13)11-15-16/h3-4,7-8,11,14H,2,5-6,9-10H2,1H3. The van der Waals surface area contributed by atoms with Crippen molar-refractivity contribution in [2.24, 2.45) is 0 Å². The number of hydrogen-bond acceptors (Lipinski definition) is 2. The number of aryl methyl sites for hydroxylation is 1. The Labute approximate surface area is 96.5 Å². The highest BCUT2D eigenvalue weighted by molar-refractivity contribution is 5.78. The molecule has 0 aliphatic heterocycles. The van der Waals surface area contributed by atoms with Crippen LogP contribution in [0, 0.1) is 0 Å². The molecule has 86 valence electrons. The number of fused-ring (bicyclic) bond motifs is 1. The maximum absolute atomic E-state index is 4.41. The molecule has 0 bridgehead atoms. The molecule has 0 aliphatic rings. The predicted molar refractivity (Wildman–Crippen MR) is 67.5 cm³/mol. The number of rotatable bonds is 6. The molecule has 0 saturated carbocycles. The zero-order valence-corrected chi connectivity index (χ0v) is 9.82. The van der Waals surface area contributed by atoms with Crippen LogP contribution in [0.2, 0.25) is 0 Å². The SMILES string of the molecule is CNCCCCCn1ncc2ccccc21. The van der Waals surface area contributed by atoms with Gasteiger partial charge in [0, 0.05) is 11.9 Å². The summed E-state index contributed by atoms with van der Waals surface area (Å²) in [7, 11) is 2.00. The summed E-state index contributed by atoms with van der Waals surface area (Å²) >= 11 is 0. The van der Waals surface area contributed by atoms with Crippen molar-refractivity contribution >= 4 is 10.9 Å². The summed E-state index contributed by atoms with van der Waals surface area (Å²) in [6, 6.07) is 8.37. The lowest BCUT2D eigenvalue weighted by Gasteiger charge is -2.03. The minimum Gasteiger partial charge on any atom is -0.320 e. The first-order valence-electron chi connectivity index (χ1n) is 5.97. The van der Waals surface area contributed by atoms with Crippen molar-refractivity contribution in [1.82, 2.24) is 15.1 Å². The van der Waals surface area contributed by atoms with Gasteiger partial charge in [0.1, 0.15) is 0 Å². The molecule has 16 heavy (non-hydrogen) atoms. The van der Waals surface area contributed by atoms with E-state index in [1.807, 2.05) is 13.2 Å². The van der Waals surface area contributed by atoms with E-state index in [9.17, 15) is 0 Å². The fourth-order valence-corrected chi connectivity index (χ4v) is 1.94. The molecular formula is C13H19N3. The molecule has 0 atom stereocenters. The summed E-state index contributed by atoms with van der Waals surface area (Å²) in [5.74, 6) is 0. The molecule has 1 heterocycles. The molecule has 2 rings (SSSR count). The lowest BCUT2D eigenvalue weighted by atomic mass is 10.2. The van der Waals surface area contributed by atoms with Crippen LogP contribution in [-0.2, 0) is 6.54 Å². The first kappa shape index (κ1) is 11.1. The zero-order valence-electron chi connectivity index (χ0n) is 9.82. The maximum Gasteiger partial charge on any atom is 0.0682 e. The molecule has 3 heteroatoms. The zero-order chi connectivity index (χ0) is 11.2. The highest BCUT2D eigenvalue weighted by atomic mass is 15.3. The van der Waals surface area contributed by atoms with Crippen LogP contribution in [0.1, 0.15) is 19.3 Å². The average Bonchev–Trinajstić information content (AvgIpc) is 2.73. The number of benzene rings is 1. The number of nitrogens with one attached hydrogen (secondary N) is 1. The molecule has 1 N–H and O–H groups in total. The van der Waals surface area contributed by atoms with Crippen molar-refractivity contribution in [3.05, 3.63) is 30.5 Å².